The highest BCUT2D eigenvalue weighted by Crippen LogP contribution is 2.31. The molecular formula is C21H16ClFN4O2S. The number of rotatable bonds is 5. The minimum absolute atomic E-state index is 0.0932. The van der Waals surface area contributed by atoms with Crippen LogP contribution >= 0.6 is 23.4 Å². The Morgan fingerprint density at radius 2 is 1.87 bits per heavy atom. The zero-order valence-electron chi connectivity index (χ0n) is 15.6. The van der Waals surface area contributed by atoms with Crippen LogP contribution in [0.1, 0.15) is 16.9 Å². The average Bonchev–Trinajstić information content (AvgIpc) is 3.10. The van der Waals surface area contributed by atoms with Crippen molar-refractivity contribution in [3.05, 3.63) is 77.2 Å². The molecule has 1 fully saturated rings. The number of benzene rings is 2. The summed E-state index contributed by atoms with van der Waals surface area (Å²) in [4.78, 5) is 27.3. The second-order valence-corrected chi connectivity index (χ2v) is 8.01. The molecule has 0 spiro atoms. The molecule has 2 aromatic carbocycles. The molecule has 4 rings (SSSR count). The van der Waals surface area contributed by atoms with Crippen LogP contribution < -0.4 is 10.2 Å². The van der Waals surface area contributed by atoms with Crippen LogP contribution in [0.4, 0.5) is 10.1 Å². The quantitative estimate of drug-likeness (QED) is 0.647. The van der Waals surface area contributed by atoms with Crippen LogP contribution in [0.25, 0.3) is 0 Å². The summed E-state index contributed by atoms with van der Waals surface area (Å²) in [6.45, 7) is 0.323. The molecular weight excluding hydrogens is 427 g/mol. The largest absolute Gasteiger partial charge is 0.339 e. The van der Waals surface area contributed by atoms with E-state index in [4.69, 9.17) is 11.6 Å². The number of para-hydroxylation sites is 1. The first kappa shape index (κ1) is 20.3. The third-order valence-corrected chi connectivity index (χ3v) is 6.02. The van der Waals surface area contributed by atoms with Gasteiger partial charge >= 0.3 is 0 Å². The molecule has 0 radical (unpaired) electrons. The van der Waals surface area contributed by atoms with Gasteiger partial charge in [0, 0.05) is 11.4 Å². The van der Waals surface area contributed by atoms with Crippen LogP contribution in [0.2, 0.25) is 5.02 Å². The Kier molecular flexibility index (Phi) is 5.96. The third kappa shape index (κ3) is 4.29. The van der Waals surface area contributed by atoms with E-state index in [0.29, 0.717) is 23.0 Å². The summed E-state index contributed by atoms with van der Waals surface area (Å²) >= 11 is 7.47. The first-order valence-electron chi connectivity index (χ1n) is 9.16. The summed E-state index contributed by atoms with van der Waals surface area (Å²) < 4.78 is 14.0. The molecule has 0 aliphatic carbocycles. The summed E-state index contributed by atoms with van der Waals surface area (Å²) in [7, 11) is 0. The number of hydrogen-bond donors (Lipinski definition) is 1. The van der Waals surface area contributed by atoms with E-state index in [2.05, 4.69) is 15.5 Å². The Hall–Kier alpha value is -2.97. The Morgan fingerprint density at radius 1 is 1.10 bits per heavy atom. The predicted octanol–water partition coefficient (Wildman–Crippen LogP) is 3.96. The maximum Gasteiger partial charge on any atom is 0.272 e. The molecule has 3 aromatic rings. The van der Waals surface area contributed by atoms with Gasteiger partial charge in [-0.3, -0.25) is 9.59 Å². The number of hydrogen-bond acceptors (Lipinski definition) is 5. The Labute approximate surface area is 181 Å². The molecule has 1 aromatic heterocycles. The van der Waals surface area contributed by atoms with E-state index in [1.165, 1.54) is 34.9 Å². The van der Waals surface area contributed by atoms with Crippen molar-refractivity contribution in [1.82, 2.24) is 15.5 Å². The van der Waals surface area contributed by atoms with Gasteiger partial charge in [-0.25, -0.2) is 4.39 Å². The Balaban J connectivity index is 1.40. The van der Waals surface area contributed by atoms with E-state index in [0.717, 1.165) is 4.90 Å². The van der Waals surface area contributed by atoms with Crippen molar-refractivity contribution >= 4 is 40.9 Å². The molecule has 2 heterocycles. The summed E-state index contributed by atoms with van der Waals surface area (Å²) in [5.41, 5.74) is 0.302. The van der Waals surface area contributed by atoms with Crippen LogP contribution in [-0.4, -0.2) is 34.6 Å². The van der Waals surface area contributed by atoms with Gasteiger partial charge in [0.15, 0.2) is 5.69 Å². The highest BCUT2D eigenvalue weighted by atomic mass is 35.5. The van der Waals surface area contributed by atoms with Crippen LogP contribution in [0.5, 0.6) is 0 Å². The van der Waals surface area contributed by atoms with Crippen LogP contribution in [-0.2, 0) is 4.79 Å². The van der Waals surface area contributed by atoms with Crippen LogP contribution in [0, 0.1) is 5.82 Å². The van der Waals surface area contributed by atoms with E-state index in [-0.39, 0.29) is 17.3 Å². The van der Waals surface area contributed by atoms with Gasteiger partial charge in [0.1, 0.15) is 16.9 Å². The lowest BCUT2D eigenvalue weighted by molar-refractivity contribution is -0.118. The van der Waals surface area contributed by atoms with E-state index in [1.54, 1.807) is 24.3 Å². The number of nitrogens with zero attached hydrogens (tertiary/aromatic N) is 3. The molecule has 1 atom stereocenters. The smallest absolute Gasteiger partial charge is 0.272 e. The fraction of sp³-hybridized carbons (Fsp3) is 0.143. The second-order valence-electron chi connectivity index (χ2n) is 6.55. The molecule has 1 saturated heterocycles. The molecule has 0 saturated carbocycles. The third-order valence-electron chi connectivity index (χ3n) is 4.58. The standard InChI is InChI=1S/C21H16ClFN4O2S/c22-13-5-1-4-8-18(13)30-19-10-9-15(25-26-19)20(28)24-16-11-12-27(21(16)29)17-7-3-2-6-14(17)23/h1-10,16H,11-12H2,(H,24,28). The zero-order chi connectivity index (χ0) is 21.1. The predicted molar refractivity (Wildman–Crippen MR) is 112 cm³/mol. The first-order valence-corrected chi connectivity index (χ1v) is 10.4. The van der Waals surface area contributed by atoms with Crippen molar-refractivity contribution < 1.29 is 14.0 Å². The summed E-state index contributed by atoms with van der Waals surface area (Å²) in [5, 5.41) is 11.9. The summed E-state index contributed by atoms with van der Waals surface area (Å²) in [6.07, 6.45) is 0.382. The van der Waals surface area contributed by atoms with Gasteiger partial charge in [-0.1, -0.05) is 47.6 Å². The minimum atomic E-state index is -0.740. The fourth-order valence-corrected chi connectivity index (χ4v) is 4.10. The lowest BCUT2D eigenvalue weighted by Gasteiger charge is -2.17. The summed E-state index contributed by atoms with van der Waals surface area (Å²) in [5.74, 6) is -1.34. The SMILES string of the molecule is O=C(NC1CCN(c2ccccc2F)C1=O)c1ccc(Sc2ccccc2Cl)nn1. The minimum Gasteiger partial charge on any atom is -0.339 e. The number of carbonyl (C=O) groups is 2. The average molecular weight is 443 g/mol. The van der Waals surface area contributed by atoms with Gasteiger partial charge in [0.2, 0.25) is 5.91 Å². The molecule has 1 aliphatic heterocycles. The van der Waals surface area contributed by atoms with Gasteiger partial charge < -0.3 is 10.2 Å². The van der Waals surface area contributed by atoms with Gasteiger partial charge in [-0.15, -0.1) is 10.2 Å². The molecule has 0 bridgehead atoms. The van der Waals surface area contributed by atoms with Crippen molar-refractivity contribution in [2.24, 2.45) is 0 Å². The van der Waals surface area contributed by atoms with Crippen molar-refractivity contribution in [1.29, 1.82) is 0 Å². The molecule has 9 heteroatoms. The van der Waals surface area contributed by atoms with E-state index in [9.17, 15) is 14.0 Å². The second kappa shape index (κ2) is 8.81. The number of anilines is 1. The lowest BCUT2D eigenvalue weighted by atomic mass is 10.2. The number of carbonyl (C=O) groups excluding carboxylic acids is 2. The fourth-order valence-electron chi connectivity index (χ4n) is 3.09. The highest BCUT2D eigenvalue weighted by molar-refractivity contribution is 7.99. The van der Waals surface area contributed by atoms with Gasteiger partial charge in [-0.05, 0) is 42.8 Å². The number of aromatic nitrogens is 2. The molecule has 30 heavy (non-hydrogen) atoms. The van der Waals surface area contributed by atoms with Gasteiger partial charge in [-0.2, -0.15) is 0 Å². The highest BCUT2D eigenvalue weighted by Gasteiger charge is 2.35. The Morgan fingerprint density at radius 3 is 2.60 bits per heavy atom. The Bertz CT molecular complexity index is 1100. The molecule has 6 nitrogen and oxygen atoms in total. The van der Waals surface area contributed by atoms with E-state index in [1.807, 2.05) is 18.2 Å². The topological polar surface area (TPSA) is 75.2 Å². The molecule has 2 amide bonds. The monoisotopic (exact) mass is 442 g/mol. The number of nitrogens with one attached hydrogen (secondary N) is 1. The van der Waals surface area contributed by atoms with Gasteiger partial charge in [0.05, 0.1) is 10.7 Å². The number of amides is 2. The zero-order valence-corrected chi connectivity index (χ0v) is 17.2. The van der Waals surface area contributed by atoms with Crippen molar-refractivity contribution in [3.8, 4) is 0 Å². The van der Waals surface area contributed by atoms with E-state index >= 15 is 0 Å². The van der Waals surface area contributed by atoms with Crippen molar-refractivity contribution in [2.45, 2.75) is 22.4 Å². The van der Waals surface area contributed by atoms with Crippen molar-refractivity contribution in [3.63, 3.8) is 0 Å². The summed E-state index contributed by atoms with van der Waals surface area (Å²) in [6, 6.07) is 15.9. The number of halogens is 2. The normalized spacial score (nSPS) is 16.0. The molecule has 1 aliphatic rings. The maximum atomic E-state index is 14.0. The molecule has 152 valence electrons. The van der Waals surface area contributed by atoms with Crippen molar-refractivity contribution in [2.75, 3.05) is 11.4 Å². The molecule has 1 unspecified atom stereocenters. The molecule has 1 N–H and O–H groups in total. The maximum absolute atomic E-state index is 14.0. The lowest BCUT2D eigenvalue weighted by Crippen LogP contribution is -2.42. The van der Waals surface area contributed by atoms with Gasteiger partial charge in [0.25, 0.3) is 5.91 Å². The van der Waals surface area contributed by atoms with Crippen LogP contribution in [0.15, 0.2) is 70.6 Å². The van der Waals surface area contributed by atoms with E-state index < -0.39 is 17.8 Å². The van der Waals surface area contributed by atoms with Crippen LogP contribution in [0.3, 0.4) is 0 Å². The first-order chi connectivity index (χ1) is 14.5.